The van der Waals surface area contributed by atoms with E-state index in [1.165, 1.54) is 12.1 Å². The average molecular weight is 323 g/mol. The van der Waals surface area contributed by atoms with Gasteiger partial charge in [-0.2, -0.15) is 5.26 Å². The second kappa shape index (κ2) is 6.13. The van der Waals surface area contributed by atoms with Gasteiger partial charge in [0, 0.05) is 17.7 Å². The highest BCUT2D eigenvalue weighted by Crippen LogP contribution is 2.28. The van der Waals surface area contributed by atoms with Crippen molar-refractivity contribution in [3.8, 4) is 6.07 Å². The van der Waals surface area contributed by atoms with Gasteiger partial charge in [-0.15, -0.1) is 0 Å². The molecule has 0 spiro atoms. The van der Waals surface area contributed by atoms with Crippen LogP contribution >= 0.6 is 0 Å². The first kappa shape index (κ1) is 15.7. The van der Waals surface area contributed by atoms with Gasteiger partial charge in [-0.3, -0.25) is 4.79 Å². The highest BCUT2D eigenvalue weighted by atomic mass is 19.1. The molecule has 0 bridgehead atoms. The monoisotopic (exact) mass is 323 g/mol. The summed E-state index contributed by atoms with van der Waals surface area (Å²) in [7, 11) is 0. The predicted octanol–water partition coefficient (Wildman–Crippen LogP) is 3.22. The third kappa shape index (κ3) is 3.10. The minimum atomic E-state index is -1.19. The summed E-state index contributed by atoms with van der Waals surface area (Å²) >= 11 is 0. The van der Waals surface area contributed by atoms with Crippen molar-refractivity contribution < 1.29 is 14.0 Å². The normalized spacial score (nSPS) is 19.1. The Morgan fingerprint density at radius 2 is 2.12 bits per heavy atom. The Kier molecular flexibility index (Phi) is 4.00. The molecule has 0 fully saturated rings. The van der Waals surface area contributed by atoms with E-state index >= 15 is 0 Å². The molecular formula is C18H14FN3O2. The van der Waals surface area contributed by atoms with Crippen molar-refractivity contribution in [2.75, 3.05) is 5.32 Å². The van der Waals surface area contributed by atoms with Crippen molar-refractivity contribution in [1.82, 2.24) is 0 Å². The summed E-state index contributed by atoms with van der Waals surface area (Å²) in [6.45, 7) is 1.62. The van der Waals surface area contributed by atoms with Gasteiger partial charge in [-0.1, -0.05) is 23.4 Å². The van der Waals surface area contributed by atoms with E-state index in [0.29, 0.717) is 22.5 Å². The van der Waals surface area contributed by atoms with Crippen molar-refractivity contribution >= 4 is 17.3 Å². The molecule has 2 aromatic carbocycles. The van der Waals surface area contributed by atoms with E-state index in [0.717, 1.165) is 0 Å². The van der Waals surface area contributed by atoms with Crippen molar-refractivity contribution in [3.63, 3.8) is 0 Å². The van der Waals surface area contributed by atoms with Crippen molar-refractivity contribution in [3.05, 3.63) is 65.5 Å². The Balaban J connectivity index is 1.73. The van der Waals surface area contributed by atoms with Gasteiger partial charge in [0.05, 0.1) is 17.3 Å². The van der Waals surface area contributed by atoms with Gasteiger partial charge >= 0.3 is 0 Å². The van der Waals surface area contributed by atoms with E-state index in [9.17, 15) is 9.18 Å². The molecule has 1 atom stereocenters. The lowest BCUT2D eigenvalue weighted by Crippen LogP contribution is -2.40. The van der Waals surface area contributed by atoms with Crippen LogP contribution in [0, 0.1) is 17.1 Å². The lowest BCUT2D eigenvalue weighted by atomic mass is 9.95. The number of hydrogen-bond acceptors (Lipinski definition) is 4. The van der Waals surface area contributed by atoms with E-state index in [-0.39, 0.29) is 18.1 Å². The Morgan fingerprint density at radius 1 is 1.33 bits per heavy atom. The maximum atomic E-state index is 13.3. The zero-order chi connectivity index (χ0) is 17.2. The summed E-state index contributed by atoms with van der Waals surface area (Å²) in [5.41, 5.74) is 0.852. The fraction of sp³-hybridized carbons (Fsp3) is 0.167. The molecule has 120 valence electrons. The van der Waals surface area contributed by atoms with Crippen molar-refractivity contribution in [2.24, 2.45) is 5.16 Å². The number of nitrogens with zero attached hydrogens (tertiary/aromatic N) is 2. The molecule has 24 heavy (non-hydrogen) atoms. The van der Waals surface area contributed by atoms with Gasteiger partial charge in [-0.05, 0) is 37.3 Å². The fourth-order valence-electron chi connectivity index (χ4n) is 2.41. The lowest BCUT2D eigenvalue weighted by Gasteiger charge is -2.20. The van der Waals surface area contributed by atoms with Crippen LogP contribution in [0.5, 0.6) is 0 Å². The average Bonchev–Trinajstić information content (AvgIpc) is 2.99. The number of oxime groups is 1. The molecule has 1 aliphatic rings. The maximum Gasteiger partial charge on any atom is 0.271 e. The topological polar surface area (TPSA) is 74.5 Å². The number of carbonyl (C=O) groups is 1. The number of hydrogen-bond donors (Lipinski definition) is 1. The maximum absolute atomic E-state index is 13.3. The van der Waals surface area contributed by atoms with Crippen LogP contribution in [-0.2, 0) is 9.63 Å². The van der Waals surface area contributed by atoms with Gasteiger partial charge in [-0.25, -0.2) is 4.39 Å². The summed E-state index contributed by atoms with van der Waals surface area (Å²) in [4.78, 5) is 17.8. The zero-order valence-corrected chi connectivity index (χ0v) is 12.9. The van der Waals surface area contributed by atoms with Gasteiger partial charge in [0.1, 0.15) is 5.82 Å². The van der Waals surface area contributed by atoms with Crippen LogP contribution < -0.4 is 5.32 Å². The number of nitrogens with one attached hydrogen (secondary N) is 1. The number of halogens is 1. The van der Waals surface area contributed by atoms with Crippen LogP contribution in [0.4, 0.5) is 10.1 Å². The molecule has 1 aliphatic heterocycles. The summed E-state index contributed by atoms with van der Waals surface area (Å²) < 4.78 is 13.3. The minimum Gasteiger partial charge on any atom is -0.379 e. The van der Waals surface area contributed by atoms with Crippen LogP contribution in [0.1, 0.15) is 24.5 Å². The molecule has 1 unspecified atom stereocenters. The molecule has 3 rings (SSSR count). The summed E-state index contributed by atoms with van der Waals surface area (Å²) in [6.07, 6.45) is 0.222. The lowest BCUT2D eigenvalue weighted by molar-refractivity contribution is -0.135. The second-order valence-electron chi connectivity index (χ2n) is 5.69. The third-order valence-corrected chi connectivity index (χ3v) is 3.75. The number of nitriles is 1. The van der Waals surface area contributed by atoms with Crippen LogP contribution in [0.2, 0.25) is 0 Å². The summed E-state index contributed by atoms with van der Waals surface area (Å²) in [5.74, 6) is -0.755. The second-order valence-corrected chi connectivity index (χ2v) is 5.69. The van der Waals surface area contributed by atoms with Gasteiger partial charge in [0.15, 0.2) is 0 Å². The molecule has 0 aromatic heterocycles. The van der Waals surface area contributed by atoms with Crippen molar-refractivity contribution in [1.29, 1.82) is 5.26 Å². The van der Waals surface area contributed by atoms with E-state index in [1.807, 2.05) is 6.07 Å². The smallest absolute Gasteiger partial charge is 0.271 e. The Morgan fingerprint density at radius 3 is 2.88 bits per heavy atom. The predicted molar refractivity (Wildman–Crippen MR) is 86.8 cm³/mol. The zero-order valence-electron chi connectivity index (χ0n) is 12.9. The van der Waals surface area contributed by atoms with Crippen LogP contribution in [0.15, 0.2) is 53.7 Å². The van der Waals surface area contributed by atoms with Crippen LogP contribution in [0.3, 0.4) is 0 Å². The number of carbonyl (C=O) groups excluding carboxylic acids is 1. The molecule has 1 N–H and O–H groups in total. The number of rotatable bonds is 3. The van der Waals surface area contributed by atoms with Crippen LogP contribution in [0.25, 0.3) is 0 Å². The van der Waals surface area contributed by atoms with E-state index < -0.39 is 5.60 Å². The molecule has 0 saturated carbocycles. The molecule has 5 nitrogen and oxygen atoms in total. The number of anilines is 1. The SMILES string of the molecule is CC1(C(=O)Nc2cccc(C#N)c2)CC(c2cccc(F)c2)=NO1. The first-order valence-electron chi connectivity index (χ1n) is 7.33. The summed E-state index contributed by atoms with van der Waals surface area (Å²) in [5, 5.41) is 15.6. The third-order valence-electron chi connectivity index (χ3n) is 3.75. The largest absolute Gasteiger partial charge is 0.379 e. The minimum absolute atomic E-state index is 0.222. The van der Waals surface area contributed by atoms with Gasteiger partial charge < -0.3 is 10.2 Å². The molecular weight excluding hydrogens is 309 g/mol. The van der Waals surface area contributed by atoms with Gasteiger partial charge in [0.25, 0.3) is 5.91 Å². The van der Waals surface area contributed by atoms with Crippen molar-refractivity contribution in [2.45, 2.75) is 18.9 Å². The molecule has 1 amide bonds. The molecule has 0 radical (unpaired) electrons. The highest BCUT2D eigenvalue weighted by Gasteiger charge is 2.42. The highest BCUT2D eigenvalue weighted by molar-refractivity contribution is 6.07. The molecule has 0 aliphatic carbocycles. The Hall–Kier alpha value is -3.20. The number of benzene rings is 2. The first-order valence-corrected chi connectivity index (χ1v) is 7.33. The Bertz CT molecular complexity index is 873. The molecule has 1 heterocycles. The Labute approximate surface area is 138 Å². The van der Waals surface area contributed by atoms with Gasteiger partial charge in [0.2, 0.25) is 5.60 Å². The van der Waals surface area contributed by atoms with E-state index in [4.69, 9.17) is 10.1 Å². The van der Waals surface area contributed by atoms with E-state index in [1.54, 1.807) is 43.3 Å². The quantitative estimate of drug-likeness (QED) is 0.942. The fourth-order valence-corrected chi connectivity index (χ4v) is 2.41. The first-order chi connectivity index (χ1) is 11.5. The van der Waals surface area contributed by atoms with Crippen LogP contribution in [-0.4, -0.2) is 17.2 Å². The molecule has 0 saturated heterocycles. The van der Waals surface area contributed by atoms with E-state index in [2.05, 4.69) is 10.5 Å². The molecule has 2 aromatic rings. The summed E-state index contributed by atoms with van der Waals surface area (Å²) in [6, 6.07) is 14.6. The molecule has 6 heteroatoms. The number of amides is 1. The standard InChI is InChI=1S/C18H14FN3O2/c1-18(17(23)21-15-7-2-4-12(8-15)11-20)10-16(22-24-18)13-5-3-6-14(19)9-13/h2-9H,10H2,1H3,(H,21,23).